The Balaban J connectivity index is 1.92. The third-order valence-corrected chi connectivity index (χ3v) is 6.38. The fourth-order valence-electron chi connectivity index (χ4n) is 2.77. The van der Waals surface area contributed by atoms with Crippen LogP contribution in [0.2, 0.25) is 0 Å². The van der Waals surface area contributed by atoms with Crippen molar-refractivity contribution in [2.45, 2.75) is 52.1 Å². The van der Waals surface area contributed by atoms with E-state index in [9.17, 15) is 19.5 Å². The number of hydrogen-bond acceptors (Lipinski definition) is 6. The van der Waals surface area contributed by atoms with Crippen LogP contribution in [-0.4, -0.2) is 68.5 Å². The summed E-state index contributed by atoms with van der Waals surface area (Å²) in [6, 6.07) is -0.485. The van der Waals surface area contributed by atoms with E-state index < -0.39 is 12.0 Å². The summed E-state index contributed by atoms with van der Waals surface area (Å²) >= 11 is 2.77. The number of carboxylic acids is 1. The maximum absolute atomic E-state index is 12.4. The first-order valence-corrected chi connectivity index (χ1v) is 11.3. The highest BCUT2D eigenvalue weighted by Crippen LogP contribution is 2.40. The van der Waals surface area contributed by atoms with Gasteiger partial charge in [-0.2, -0.15) is 0 Å². The molecule has 2 rings (SSSR count). The van der Waals surface area contributed by atoms with Crippen molar-refractivity contribution in [1.82, 2.24) is 15.5 Å². The molecule has 0 saturated carbocycles. The van der Waals surface area contributed by atoms with Crippen molar-refractivity contribution >= 4 is 46.5 Å². The predicted octanol–water partition coefficient (Wildman–Crippen LogP) is 1.49. The molecule has 0 aliphatic carbocycles. The molecule has 2 atom stereocenters. The maximum atomic E-state index is 12.4. The van der Waals surface area contributed by atoms with E-state index in [0.29, 0.717) is 29.0 Å². The molecule has 2 aliphatic rings. The molecule has 0 bridgehead atoms. The Labute approximate surface area is 174 Å². The van der Waals surface area contributed by atoms with E-state index in [2.05, 4.69) is 29.5 Å². The third-order valence-electron chi connectivity index (χ3n) is 4.03. The maximum Gasteiger partial charge on any atom is 0.352 e. The summed E-state index contributed by atoms with van der Waals surface area (Å²) in [6.45, 7) is 10.5. The van der Waals surface area contributed by atoms with Crippen LogP contribution in [0.25, 0.3) is 0 Å². The number of nitrogens with zero attached hydrogens (tertiary/aromatic N) is 2. The van der Waals surface area contributed by atoms with Gasteiger partial charge in [-0.1, -0.05) is 25.6 Å². The summed E-state index contributed by atoms with van der Waals surface area (Å²) in [4.78, 5) is 42.0. The smallest absolute Gasteiger partial charge is 0.352 e. The monoisotopic (exact) mass is 428 g/mol. The lowest BCUT2D eigenvalue weighted by atomic mass is 10.0. The summed E-state index contributed by atoms with van der Waals surface area (Å²) in [6.07, 6.45) is 0. The number of β-lactam (4-membered cyclic amide) rings is 1. The van der Waals surface area contributed by atoms with Gasteiger partial charge in [-0.15, -0.1) is 11.8 Å². The Hall–Kier alpha value is -1.68. The van der Waals surface area contributed by atoms with Gasteiger partial charge in [0.25, 0.3) is 5.91 Å². The van der Waals surface area contributed by atoms with Crippen molar-refractivity contribution in [3.05, 3.63) is 11.3 Å². The molecule has 1 saturated heterocycles. The average Bonchev–Trinajstić information content (AvgIpc) is 2.60. The van der Waals surface area contributed by atoms with E-state index in [4.69, 9.17) is 0 Å². The van der Waals surface area contributed by atoms with E-state index in [1.807, 2.05) is 13.8 Å². The molecule has 0 radical (unpaired) electrons. The molecular weight excluding hydrogens is 400 g/mol. The van der Waals surface area contributed by atoms with E-state index in [-0.39, 0.29) is 34.7 Å². The summed E-state index contributed by atoms with van der Waals surface area (Å²) in [5.74, 6) is -0.668. The standard InChI is InChI=1S/C18H28N4O4S2/c1-9(2)6-19-18(20-10(3)4)28-8-12(23)21-13-15(24)22-14(17(25)26)11(5)7-27-16(13)22/h9-10,13,16H,6-8H2,1-5H3,(H,19,20)(H,21,23)(H,25,26). The Morgan fingerprint density at radius 2 is 2.04 bits per heavy atom. The number of carboxylic acid groups (broad SMARTS) is 1. The molecule has 0 aromatic heterocycles. The second-order valence-corrected chi connectivity index (χ2v) is 9.59. The summed E-state index contributed by atoms with van der Waals surface area (Å²) in [7, 11) is 0. The molecule has 2 heterocycles. The number of carbonyl (C=O) groups is 3. The van der Waals surface area contributed by atoms with Gasteiger partial charge in [0.2, 0.25) is 5.91 Å². The molecule has 3 N–H and O–H groups in total. The zero-order valence-electron chi connectivity index (χ0n) is 16.8. The van der Waals surface area contributed by atoms with Crippen LogP contribution in [-0.2, 0) is 14.4 Å². The zero-order chi connectivity index (χ0) is 21.0. The van der Waals surface area contributed by atoms with Crippen molar-refractivity contribution in [3.8, 4) is 0 Å². The molecule has 2 unspecified atom stereocenters. The van der Waals surface area contributed by atoms with Crippen LogP contribution in [0.3, 0.4) is 0 Å². The second-order valence-electron chi connectivity index (χ2n) is 7.52. The molecule has 156 valence electrons. The molecule has 2 amide bonds. The minimum absolute atomic E-state index is 0.0397. The van der Waals surface area contributed by atoms with Gasteiger partial charge < -0.3 is 15.7 Å². The normalized spacial score (nSPS) is 22.3. The molecule has 2 aliphatic heterocycles. The Bertz CT molecular complexity index is 706. The van der Waals surface area contributed by atoms with E-state index >= 15 is 0 Å². The number of thioether (sulfide) groups is 2. The first kappa shape index (κ1) is 22.6. The summed E-state index contributed by atoms with van der Waals surface area (Å²) in [5.41, 5.74) is 0.700. The number of carbonyl (C=O) groups excluding carboxylic acids is 2. The molecule has 1 fully saturated rings. The van der Waals surface area contributed by atoms with Gasteiger partial charge in [-0.25, -0.2) is 4.79 Å². The summed E-state index contributed by atoms with van der Waals surface area (Å²) < 4.78 is 0. The molecule has 0 spiro atoms. The number of aliphatic carboxylic acids is 1. The van der Waals surface area contributed by atoms with Crippen molar-refractivity contribution in [2.75, 3.05) is 18.1 Å². The number of rotatable bonds is 7. The number of amides is 2. The van der Waals surface area contributed by atoms with Crippen LogP contribution in [0.5, 0.6) is 0 Å². The number of aliphatic imine (C=N–C) groups is 1. The number of fused-ring (bicyclic) bond motifs is 1. The minimum Gasteiger partial charge on any atom is -0.477 e. The van der Waals surface area contributed by atoms with Crippen molar-refractivity contribution < 1.29 is 19.5 Å². The van der Waals surface area contributed by atoms with E-state index in [1.165, 1.54) is 28.4 Å². The molecule has 10 heteroatoms. The van der Waals surface area contributed by atoms with Crippen LogP contribution in [0.1, 0.15) is 34.6 Å². The SMILES string of the molecule is CC1=C(C(=O)O)N2C(=O)C(NC(=O)CSC(=NCC(C)C)NC(C)C)C2SC1. The fraction of sp³-hybridized carbons (Fsp3) is 0.667. The number of nitrogens with one attached hydrogen (secondary N) is 2. The minimum atomic E-state index is -1.11. The van der Waals surface area contributed by atoms with Gasteiger partial charge in [0, 0.05) is 18.3 Å². The largest absolute Gasteiger partial charge is 0.477 e. The van der Waals surface area contributed by atoms with Crippen LogP contribution in [0, 0.1) is 5.92 Å². The summed E-state index contributed by atoms with van der Waals surface area (Å²) in [5, 5.41) is 15.7. The van der Waals surface area contributed by atoms with Gasteiger partial charge in [0.05, 0.1) is 5.75 Å². The van der Waals surface area contributed by atoms with Gasteiger partial charge in [0.1, 0.15) is 17.1 Å². The van der Waals surface area contributed by atoms with Crippen LogP contribution >= 0.6 is 23.5 Å². The Morgan fingerprint density at radius 1 is 1.36 bits per heavy atom. The van der Waals surface area contributed by atoms with Crippen LogP contribution < -0.4 is 10.6 Å². The van der Waals surface area contributed by atoms with Gasteiger partial charge in [-0.3, -0.25) is 19.5 Å². The quantitative estimate of drug-likeness (QED) is 0.320. The highest BCUT2D eigenvalue weighted by Gasteiger charge is 2.53. The van der Waals surface area contributed by atoms with E-state index in [1.54, 1.807) is 6.92 Å². The molecule has 8 nitrogen and oxygen atoms in total. The molecular formula is C18H28N4O4S2. The van der Waals surface area contributed by atoms with Crippen LogP contribution in [0.4, 0.5) is 0 Å². The third kappa shape index (κ3) is 5.44. The lowest BCUT2D eigenvalue weighted by Crippen LogP contribution is -2.70. The number of hydrogen-bond donors (Lipinski definition) is 3. The first-order valence-electron chi connectivity index (χ1n) is 9.22. The lowest BCUT2D eigenvalue weighted by molar-refractivity contribution is -0.150. The van der Waals surface area contributed by atoms with Crippen LogP contribution in [0.15, 0.2) is 16.3 Å². The van der Waals surface area contributed by atoms with Crippen molar-refractivity contribution in [3.63, 3.8) is 0 Å². The van der Waals surface area contributed by atoms with Gasteiger partial charge in [-0.05, 0) is 32.3 Å². The fourth-order valence-corrected chi connectivity index (χ4v) is 4.90. The van der Waals surface area contributed by atoms with Crippen molar-refractivity contribution in [1.29, 1.82) is 0 Å². The van der Waals surface area contributed by atoms with Gasteiger partial charge in [0.15, 0.2) is 5.17 Å². The first-order chi connectivity index (χ1) is 13.1. The highest BCUT2D eigenvalue weighted by atomic mass is 32.2. The molecule has 28 heavy (non-hydrogen) atoms. The molecule has 0 aromatic rings. The Kier molecular flexibility index (Phi) is 7.82. The lowest BCUT2D eigenvalue weighted by Gasteiger charge is -2.49. The highest BCUT2D eigenvalue weighted by molar-refractivity contribution is 8.14. The van der Waals surface area contributed by atoms with Gasteiger partial charge >= 0.3 is 5.97 Å². The zero-order valence-corrected chi connectivity index (χ0v) is 18.4. The average molecular weight is 429 g/mol. The second kappa shape index (κ2) is 9.69. The molecule has 0 aromatic carbocycles. The topological polar surface area (TPSA) is 111 Å². The van der Waals surface area contributed by atoms with E-state index in [0.717, 1.165) is 0 Å². The Morgan fingerprint density at radius 3 is 2.61 bits per heavy atom. The van der Waals surface area contributed by atoms with Crippen molar-refractivity contribution in [2.24, 2.45) is 10.9 Å². The number of amidine groups is 1. The predicted molar refractivity (Wildman–Crippen MR) is 113 cm³/mol.